The smallest absolute Gasteiger partial charge is 0.0485 e. The van der Waals surface area contributed by atoms with Gasteiger partial charge in [0.1, 0.15) is 0 Å². The van der Waals surface area contributed by atoms with Crippen LogP contribution < -0.4 is 5.73 Å². The predicted molar refractivity (Wildman–Crippen MR) is 62.6 cm³/mol. The Hall–Kier alpha value is -0.800. The van der Waals surface area contributed by atoms with E-state index in [1.54, 1.807) is 0 Å². The molecular weight excluding hydrogens is 186 g/mol. The molecule has 0 spiro atoms. The SMILES string of the molecule is Cn1ccc(C(CN)N2CCCCC2)c1. The van der Waals surface area contributed by atoms with Gasteiger partial charge < -0.3 is 10.3 Å². The molecule has 0 aromatic carbocycles. The van der Waals surface area contributed by atoms with E-state index in [4.69, 9.17) is 5.73 Å². The number of hydrogen-bond donors (Lipinski definition) is 1. The number of nitrogens with two attached hydrogens (primary N) is 1. The first kappa shape index (κ1) is 10.7. The lowest BCUT2D eigenvalue weighted by Gasteiger charge is -2.33. The number of likely N-dealkylation sites (tertiary alicyclic amines) is 1. The highest BCUT2D eigenvalue weighted by atomic mass is 15.2. The summed E-state index contributed by atoms with van der Waals surface area (Å²) in [6, 6.07) is 2.61. The summed E-state index contributed by atoms with van der Waals surface area (Å²) in [5.74, 6) is 0. The van der Waals surface area contributed by atoms with E-state index in [0.717, 1.165) is 6.54 Å². The Labute approximate surface area is 91.9 Å². The molecule has 0 radical (unpaired) electrons. The highest BCUT2D eigenvalue weighted by molar-refractivity contribution is 5.16. The van der Waals surface area contributed by atoms with Gasteiger partial charge >= 0.3 is 0 Å². The van der Waals surface area contributed by atoms with Gasteiger partial charge in [-0.2, -0.15) is 0 Å². The van der Waals surface area contributed by atoms with Gasteiger partial charge in [-0.15, -0.1) is 0 Å². The van der Waals surface area contributed by atoms with Crippen LogP contribution in [0.1, 0.15) is 30.9 Å². The number of nitrogens with zero attached hydrogens (tertiary/aromatic N) is 2. The van der Waals surface area contributed by atoms with Crippen molar-refractivity contribution in [3.63, 3.8) is 0 Å². The highest BCUT2D eigenvalue weighted by Crippen LogP contribution is 2.23. The van der Waals surface area contributed by atoms with Crippen LogP contribution >= 0.6 is 0 Å². The Bertz CT molecular complexity index is 300. The van der Waals surface area contributed by atoms with Crippen molar-refractivity contribution in [1.29, 1.82) is 0 Å². The lowest BCUT2D eigenvalue weighted by Crippen LogP contribution is -2.37. The van der Waals surface area contributed by atoms with Gasteiger partial charge in [0.15, 0.2) is 0 Å². The van der Waals surface area contributed by atoms with Gasteiger partial charge in [-0.05, 0) is 37.6 Å². The van der Waals surface area contributed by atoms with Crippen LogP contribution in [-0.4, -0.2) is 29.1 Å². The summed E-state index contributed by atoms with van der Waals surface area (Å²) in [5.41, 5.74) is 7.26. The average Bonchev–Trinajstić information content (AvgIpc) is 2.68. The van der Waals surface area contributed by atoms with Crippen molar-refractivity contribution < 1.29 is 0 Å². The van der Waals surface area contributed by atoms with Crippen molar-refractivity contribution in [2.75, 3.05) is 19.6 Å². The molecule has 0 amide bonds. The molecule has 1 aliphatic heterocycles. The molecule has 3 heteroatoms. The summed E-state index contributed by atoms with van der Waals surface area (Å²) in [6.45, 7) is 3.14. The predicted octanol–water partition coefficient (Wildman–Crippen LogP) is 1.51. The maximum absolute atomic E-state index is 5.89. The second kappa shape index (κ2) is 4.81. The number of rotatable bonds is 3. The molecule has 0 aliphatic carbocycles. The van der Waals surface area contributed by atoms with Crippen molar-refractivity contribution in [3.05, 3.63) is 24.0 Å². The molecule has 1 atom stereocenters. The van der Waals surface area contributed by atoms with Gasteiger partial charge in [0.25, 0.3) is 0 Å². The molecule has 1 saturated heterocycles. The quantitative estimate of drug-likeness (QED) is 0.815. The van der Waals surface area contributed by atoms with Crippen LogP contribution in [0.4, 0.5) is 0 Å². The second-order valence-electron chi connectivity index (χ2n) is 4.46. The number of aryl methyl sites for hydroxylation is 1. The van der Waals surface area contributed by atoms with E-state index in [2.05, 4.69) is 35.0 Å². The van der Waals surface area contributed by atoms with Gasteiger partial charge in [-0.25, -0.2) is 0 Å². The van der Waals surface area contributed by atoms with Gasteiger partial charge in [0.2, 0.25) is 0 Å². The lowest BCUT2D eigenvalue weighted by atomic mass is 10.0. The van der Waals surface area contributed by atoms with Crippen molar-refractivity contribution in [2.24, 2.45) is 12.8 Å². The Balaban J connectivity index is 2.08. The summed E-state index contributed by atoms with van der Waals surface area (Å²) in [6.07, 6.45) is 8.31. The number of piperidine rings is 1. The third-order valence-corrected chi connectivity index (χ3v) is 3.29. The summed E-state index contributed by atoms with van der Waals surface area (Å²) in [4.78, 5) is 2.53. The normalized spacial score (nSPS) is 20.4. The molecule has 15 heavy (non-hydrogen) atoms. The third-order valence-electron chi connectivity index (χ3n) is 3.29. The maximum atomic E-state index is 5.89. The molecule has 2 rings (SSSR count). The number of hydrogen-bond acceptors (Lipinski definition) is 2. The maximum Gasteiger partial charge on any atom is 0.0485 e. The van der Waals surface area contributed by atoms with Crippen LogP contribution in [0.15, 0.2) is 18.5 Å². The van der Waals surface area contributed by atoms with Crippen LogP contribution in [0.2, 0.25) is 0 Å². The minimum absolute atomic E-state index is 0.423. The molecule has 2 heterocycles. The van der Waals surface area contributed by atoms with Crippen molar-refractivity contribution in [3.8, 4) is 0 Å². The van der Waals surface area contributed by atoms with E-state index in [-0.39, 0.29) is 0 Å². The Morgan fingerprint density at radius 1 is 1.33 bits per heavy atom. The molecule has 1 aromatic heterocycles. The lowest BCUT2D eigenvalue weighted by molar-refractivity contribution is 0.167. The van der Waals surface area contributed by atoms with Gasteiger partial charge in [0.05, 0.1) is 0 Å². The number of aromatic nitrogens is 1. The zero-order chi connectivity index (χ0) is 10.7. The zero-order valence-electron chi connectivity index (χ0n) is 9.52. The van der Waals surface area contributed by atoms with Crippen LogP contribution in [-0.2, 0) is 7.05 Å². The first-order valence-electron chi connectivity index (χ1n) is 5.87. The van der Waals surface area contributed by atoms with Gasteiger partial charge in [-0.1, -0.05) is 6.42 Å². The topological polar surface area (TPSA) is 34.2 Å². The van der Waals surface area contributed by atoms with Crippen molar-refractivity contribution in [2.45, 2.75) is 25.3 Å². The summed E-state index contributed by atoms with van der Waals surface area (Å²) >= 11 is 0. The molecule has 1 aromatic rings. The molecule has 0 bridgehead atoms. The molecule has 84 valence electrons. The largest absolute Gasteiger partial charge is 0.357 e. The fourth-order valence-corrected chi connectivity index (χ4v) is 2.45. The minimum Gasteiger partial charge on any atom is -0.357 e. The highest BCUT2D eigenvalue weighted by Gasteiger charge is 2.21. The first-order chi connectivity index (χ1) is 7.31. The zero-order valence-corrected chi connectivity index (χ0v) is 9.52. The van der Waals surface area contributed by atoms with Gasteiger partial charge in [-0.3, -0.25) is 4.90 Å². The Kier molecular flexibility index (Phi) is 3.44. The van der Waals surface area contributed by atoms with Crippen molar-refractivity contribution >= 4 is 0 Å². The fourth-order valence-electron chi connectivity index (χ4n) is 2.45. The summed E-state index contributed by atoms with van der Waals surface area (Å²) in [5, 5.41) is 0. The third kappa shape index (κ3) is 2.41. The Morgan fingerprint density at radius 2 is 2.07 bits per heavy atom. The summed E-state index contributed by atoms with van der Waals surface area (Å²) in [7, 11) is 2.06. The van der Waals surface area contributed by atoms with Crippen molar-refractivity contribution in [1.82, 2.24) is 9.47 Å². The Morgan fingerprint density at radius 3 is 2.60 bits per heavy atom. The van der Waals surface area contributed by atoms with E-state index in [9.17, 15) is 0 Å². The standard InChI is InChI=1S/C12H21N3/c1-14-8-5-11(10-14)12(9-13)15-6-3-2-4-7-15/h5,8,10,12H,2-4,6-7,9,13H2,1H3. The summed E-state index contributed by atoms with van der Waals surface area (Å²) < 4.78 is 2.10. The molecule has 1 unspecified atom stereocenters. The fraction of sp³-hybridized carbons (Fsp3) is 0.667. The van der Waals surface area contributed by atoms with Crippen LogP contribution in [0.25, 0.3) is 0 Å². The molecule has 3 nitrogen and oxygen atoms in total. The molecular formula is C12H21N3. The monoisotopic (exact) mass is 207 g/mol. The van der Waals surface area contributed by atoms with E-state index < -0.39 is 0 Å². The molecule has 1 aliphatic rings. The van der Waals surface area contributed by atoms with Crippen LogP contribution in [0, 0.1) is 0 Å². The van der Waals surface area contributed by atoms with Crippen LogP contribution in [0.3, 0.4) is 0 Å². The van der Waals surface area contributed by atoms with E-state index in [0.29, 0.717) is 6.04 Å². The molecule has 1 fully saturated rings. The average molecular weight is 207 g/mol. The second-order valence-corrected chi connectivity index (χ2v) is 4.46. The van der Waals surface area contributed by atoms with E-state index in [1.165, 1.54) is 37.9 Å². The minimum atomic E-state index is 0.423. The van der Waals surface area contributed by atoms with E-state index in [1.807, 2.05) is 0 Å². The van der Waals surface area contributed by atoms with E-state index >= 15 is 0 Å². The van der Waals surface area contributed by atoms with Gasteiger partial charge in [0, 0.05) is 32.0 Å². The molecule has 2 N–H and O–H groups in total. The molecule has 0 saturated carbocycles. The first-order valence-corrected chi connectivity index (χ1v) is 5.87. The van der Waals surface area contributed by atoms with Crippen LogP contribution in [0.5, 0.6) is 0 Å².